The van der Waals surface area contributed by atoms with Crippen LogP contribution >= 0.6 is 0 Å². The van der Waals surface area contributed by atoms with E-state index in [0.29, 0.717) is 19.8 Å². The molecule has 0 aliphatic carbocycles. The van der Waals surface area contributed by atoms with E-state index in [9.17, 15) is 4.79 Å². The van der Waals surface area contributed by atoms with Gasteiger partial charge in [-0.25, -0.2) is 0 Å². The second-order valence-corrected chi connectivity index (χ2v) is 4.94. The number of esters is 1. The first-order chi connectivity index (χ1) is 7.40. The van der Waals surface area contributed by atoms with Gasteiger partial charge in [-0.3, -0.25) is 4.79 Å². The molecular weight excluding hydrogens is 210 g/mol. The number of carbonyl (C=O) groups is 1. The van der Waals surface area contributed by atoms with E-state index in [-0.39, 0.29) is 30.1 Å². The van der Waals surface area contributed by atoms with Crippen molar-refractivity contribution < 1.29 is 19.0 Å². The van der Waals surface area contributed by atoms with E-state index in [4.69, 9.17) is 19.9 Å². The van der Waals surface area contributed by atoms with Crippen molar-refractivity contribution in [3.8, 4) is 0 Å². The maximum atomic E-state index is 11.5. The highest BCUT2D eigenvalue weighted by molar-refractivity contribution is 5.73. The Bertz CT molecular complexity index is 237. The fraction of sp³-hybridized carbons (Fsp3) is 0.909. The zero-order valence-electron chi connectivity index (χ0n) is 10.2. The molecule has 1 aliphatic rings. The average molecular weight is 231 g/mol. The van der Waals surface area contributed by atoms with Crippen LogP contribution in [0.2, 0.25) is 0 Å². The Labute approximate surface area is 96.2 Å². The van der Waals surface area contributed by atoms with Crippen LogP contribution in [-0.4, -0.2) is 44.0 Å². The second kappa shape index (κ2) is 5.61. The number of ether oxygens (including phenoxy) is 3. The topological polar surface area (TPSA) is 70.8 Å². The Hall–Kier alpha value is -0.650. The van der Waals surface area contributed by atoms with Crippen molar-refractivity contribution >= 4 is 5.97 Å². The van der Waals surface area contributed by atoms with Gasteiger partial charge in [0, 0.05) is 6.04 Å². The summed E-state index contributed by atoms with van der Waals surface area (Å²) in [6.07, 6.45) is 0. The molecule has 0 spiro atoms. The fourth-order valence-corrected chi connectivity index (χ4v) is 1.41. The molecule has 5 nitrogen and oxygen atoms in total. The summed E-state index contributed by atoms with van der Waals surface area (Å²) in [5.41, 5.74) is 5.49. The highest BCUT2D eigenvalue weighted by Crippen LogP contribution is 2.13. The third kappa shape index (κ3) is 4.47. The Morgan fingerprint density at radius 1 is 1.38 bits per heavy atom. The van der Waals surface area contributed by atoms with Crippen molar-refractivity contribution in [1.82, 2.24) is 0 Å². The standard InChI is InChI=1S/C11H21NO4/c1-11(2,3)16-5-4-15-10(13)8-6-14-7-9(8)12/h8-9H,4-7,12H2,1-3H3. The van der Waals surface area contributed by atoms with Gasteiger partial charge in [-0.15, -0.1) is 0 Å². The van der Waals surface area contributed by atoms with Crippen LogP contribution in [0.5, 0.6) is 0 Å². The first kappa shape index (κ1) is 13.4. The lowest BCUT2D eigenvalue weighted by Gasteiger charge is -2.19. The first-order valence-corrected chi connectivity index (χ1v) is 5.54. The van der Waals surface area contributed by atoms with Crippen LogP contribution in [0.25, 0.3) is 0 Å². The van der Waals surface area contributed by atoms with Crippen molar-refractivity contribution in [1.29, 1.82) is 0 Å². The summed E-state index contributed by atoms with van der Waals surface area (Å²) in [7, 11) is 0. The molecule has 2 N–H and O–H groups in total. The second-order valence-electron chi connectivity index (χ2n) is 4.94. The van der Waals surface area contributed by atoms with Gasteiger partial charge in [-0.1, -0.05) is 0 Å². The summed E-state index contributed by atoms with van der Waals surface area (Å²) in [5, 5.41) is 0. The summed E-state index contributed by atoms with van der Waals surface area (Å²) < 4.78 is 15.6. The van der Waals surface area contributed by atoms with Gasteiger partial charge in [0.05, 0.1) is 31.3 Å². The van der Waals surface area contributed by atoms with Crippen molar-refractivity contribution in [2.24, 2.45) is 11.7 Å². The van der Waals surface area contributed by atoms with Crippen LogP contribution < -0.4 is 5.73 Å². The molecule has 1 rings (SSSR count). The van der Waals surface area contributed by atoms with E-state index in [2.05, 4.69) is 0 Å². The van der Waals surface area contributed by atoms with Gasteiger partial charge in [-0.05, 0) is 20.8 Å². The minimum absolute atomic E-state index is 0.209. The van der Waals surface area contributed by atoms with E-state index in [0.717, 1.165) is 0 Å². The molecule has 0 aromatic carbocycles. The lowest BCUT2D eigenvalue weighted by Crippen LogP contribution is -2.35. The van der Waals surface area contributed by atoms with Gasteiger partial charge in [0.15, 0.2) is 0 Å². The lowest BCUT2D eigenvalue weighted by atomic mass is 10.1. The molecular formula is C11H21NO4. The predicted octanol–water partition coefficient (Wildman–Crippen LogP) is 0.318. The maximum absolute atomic E-state index is 11.5. The van der Waals surface area contributed by atoms with Gasteiger partial charge in [0.2, 0.25) is 0 Å². The Kier molecular flexibility index (Phi) is 4.70. The smallest absolute Gasteiger partial charge is 0.313 e. The van der Waals surface area contributed by atoms with Crippen LogP contribution in [0.1, 0.15) is 20.8 Å². The minimum Gasteiger partial charge on any atom is -0.463 e. The van der Waals surface area contributed by atoms with Crippen molar-refractivity contribution in [3.63, 3.8) is 0 Å². The molecule has 0 bridgehead atoms. The number of hydrogen-bond acceptors (Lipinski definition) is 5. The fourth-order valence-electron chi connectivity index (χ4n) is 1.41. The summed E-state index contributed by atoms with van der Waals surface area (Å²) >= 11 is 0. The average Bonchev–Trinajstić information content (AvgIpc) is 2.57. The largest absolute Gasteiger partial charge is 0.463 e. The van der Waals surface area contributed by atoms with Crippen molar-refractivity contribution in [2.45, 2.75) is 32.4 Å². The van der Waals surface area contributed by atoms with Crippen LogP contribution in [0.4, 0.5) is 0 Å². The molecule has 1 aliphatic heterocycles. The van der Waals surface area contributed by atoms with Gasteiger partial charge in [0.1, 0.15) is 6.61 Å². The number of rotatable bonds is 4. The SMILES string of the molecule is CC(C)(C)OCCOC(=O)C1COCC1N. The van der Waals surface area contributed by atoms with Crippen LogP contribution in [0, 0.1) is 5.92 Å². The molecule has 0 aromatic heterocycles. The van der Waals surface area contributed by atoms with E-state index in [1.165, 1.54) is 0 Å². The number of nitrogens with two attached hydrogens (primary N) is 1. The highest BCUT2D eigenvalue weighted by Gasteiger charge is 2.32. The summed E-state index contributed by atoms with van der Waals surface area (Å²) in [6.45, 7) is 7.32. The van der Waals surface area contributed by atoms with E-state index < -0.39 is 0 Å². The van der Waals surface area contributed by atoms with Crippen molar-refractivity contribution in [3.05, 3.63) is 0 Å². The van der Waals surface area contributed by atoms with Gasteiger partial charge < -0.3 is 19.9 Å². The normalized spacial score (nSPS) is 25.8. The van der Waals surface area contributed by atoms with E-state index in [1.54, 1.807) is 0 Å². The molecule has 0 aromatic rings. The zero-order chi connectivity index (χ0) is 12.2. The van der Waals surface area contributed by atoms with E-state index in [1.807, 2.05) is 20.8 Å². The zero-order valence-corrected chi connectivity index (χ0v) is 10.2. The Morgan fingerprint density at radius 3 is 2.56 bits per heavy atom. The third-order valence-corrected chi connectivity index (χ3v) is 2.29. The molecule has 0 radical (unpaired) electrons. The Morgan fingerprint density at radius 2 is 2.06 bits per heavy atom. The van der Waals surface area contributed by atoms with Crippen LogP contribution in [0.3, 0.4) is 0 Å². The summed E-state index contributed by atoms with van der Waals surface area (Å²) in [5.74, 6) is -0.614. The molecule has 5 heteroatoms. The van der Waals surface area contributed by atoms with Crippen molar-refractivity contribution in [2.75, 3.05) is 26.4 Å². The summed E-state index contributed by atoms with van der Waals surface area (Å²) in [4.78, 5) is 11.5. The predicted molar refractivity (Wildman–Crippen MR) is 58.9 cm³/mol. The molecule has 0 saturated carbocycles. The lowest BCUT2D eigenvalue weighted by molar-refractivity contribution is -0.151. The molecule has 2 atom stereocenters. The molecule has 0 amide bonds. The van der Waals surface area contributed by atoms with Crippen LogP contribution in [0.15, 0.2) is 0 Å². The first-order valence-electron chi connectivity index (χ1n) is 5.54. The van der Waals surface area contributed by atoms with Gasteiger partial charge in [-0.2, -0.15) is 0 Å². The molecule has 1 saturated heterocycles. The van der Waals surface area contributed by atoms with E-state index >= 15 is 0 Å². The molecule has 1 heterocycles. The molecule has 16 heavy (non-hydrogen) atoms. The van der Waals surface area contributed by atoms with Gasteiger partial charge in [0.25, 0.3) is 0 Å². The molecule has 1 fully saturated rings. The highest BCUT2D eigenvalue weighted by atomic mass is 16.6. The maximum Gasteiger partial charge on any atom is 0.313 e. The van der Waals surface area contributed by atoms with Crippen LogP contribution in [-0.2, 0) is 19.0 Å². The summed E-state index contributed by atoms with van der Waals surface area (Å²) in [6, 6.07) is -0.240. The monoisotopic (exact) mass is 231 g/mol. The number of carbonyl (C=O) groups excluding carboxylic acids is 1. The molecule has 2 unspecified atom stereocenters. The molecule has 94 valence electrons. The minimum atomic E-state index is -0.324. The quantitative estimate of drug-likeness (QED) is 0.557. The Balaban J connectivity index is 2.15. The third-order valence-electron chi connectivity index (χ3n) is 2.29. The van der Waals surface area contributed by atoms with Gasteiger partial charge >= 0.3 is 5.97 Å². The number of hydrogen-bond donors (Lipinski definition) is 1.